The molecule has 3 N–H and O–H groups in total. The summed E-state index contributed by atoms with van der Waals surface area (Å²) in [7, 11) is 1.53. The minimum absolute atomic E-state index is 0.186. The SMILES string of the molecule is COc1cc(Cl)cc(CNC2CC2)c1OCC(N)=O. The number of methoxy groups -OCH3 is 1. The molecule has 1 aromatic rings. The quantitative estimate of drug-likeness (QED) is 0.795. The molecule has 0 aromatic heterocycles. The van der Waals surface area contributed by atoms with E-state index in [1.54, 1.807) is 12.1 Å². The van der Waals surface area contributed by atoms with Crippen molar-refractivity contribution in [3.8, 4) is 11.5 Å². The van der Waals surface area contributed by atoms with Gasteiger partial charge in [0.05, 0.1) is 7.11 Å². The van der Waals surface area contributed by atoms with E-state index in [2.05, 4.69) is 5.32 Å². The van der Waals surface area contributed by atoms with Crippen molar-refractivity contribution in [3.63, 3.8) is 0 Å². The second-order valence-electron chi connectivity index (χ2n) is 4.51. The molecule has 0 aliphatic heterocycles. The Morgan fingerprint density at radius 1 is 1.53 bits per heavy atom. The normalized spacial score (nSPS) is 14.2. The number of rotatable bonds is 7. The van der Waals surface area contributed by atoms with Gasteiger partial charge in [0.25, 0.3) is 5.91 Å². The fourth-order valence-electron chi connectivity index (χ4n) is 1.75. The predicted octanol–water partition coefficient (Wildman–Crippen LogP) is 1.46. The van der Waals surface area contributed by atoms with Crippen LogP contribution in [0.25, 0.3) is 0 Å². The molecule has 0 spiro atoms. The number of amides is 1. The standard InChI is InChI=1S/C13H17ClN2O3/c1-18-11-5-9(14)4-8(6-16-10-2-3-10)13(11)19-7-12(15)17/h4-5,10,16H,2-3,6-7H2,1H3,(H2,15,17). The van der Waals surface area contributed by atoms with Gasteiger partial charge in [-0.15, -0.1) is 0 Å². The number of halogens is 1. The maximum absolute atomic E-state index is 10.8. The fourth-order valence-corrected chi connectivity index (χ4v) is 1.99. The van der Waals surface area contributed by atoms with Crippen molar-refractivity contribution >= 4 is 17.5 Å². The molecule has 104 valence electrons. The average molecular weight is 285 g/mol. The molecule has 0 heterocycles. The molecule has 2 rings (SSSR count). The zero-order valence-electron chi connectivity index (χ0n) is 10.7. The van der Waals surface area contributed by atoms with Gasteiger partial charge in [0.1, 0.15) is 0 Å². The Kier molecular flexibility index (Phi) is 4.50. The Bertz CT molecular complexity index is 475. The third kappa shape index (κ3) is 4.01. The Morgan fingerprint density at radius 3 is 2.84 bits per heavy atom. The van der Waals surface area contributed by atoms with Crippen LogP contribution in [-0.2, 0) is 11.3 Å². The van der Waals surface area contributed by atoms with E-state index in [0.29, 0.717) is 29.1 Å². The lowest BCUT2D eigenvalue weighted by atomic mass is 10.1. The van der Waals surface area contributed by atoms with Gasteiger partial charge in [0, 0.05) is 29.2 Å². The number of nitrogens with one attached hydrogen (secondary N) is 1. The van der Waals surface area contributed by atoms with E-state index in [0.717, 1.165) is 5.56 Å². The summed E-state index contributed by atoms with van der Waals surface area (Å²) in [6.45, 7) is 0.435. The van der Waals surface area contributed by atoms with Crippen molar-refractivity contribution in [3.05, 3.63) is 22.7 Å². The molecule has 0 atom stereocenters. The van der Waals surface area contributed by atoms with Crippen molar-refractivity contribution in [1.82, 2.24) is 5.32 Å². The number of nitrogens with two attached hydrogens (primary N) is 1. The average Bonchev–Trinajstić information content (AvgIpc) is 3.17. The molecule has 0 saturated heterocycles. The van der Waals surface area contributed by atoms with Crippen LogP contribution in [0.2, 0.25) is 5.02 Å². The highest BCUT2D eigenvalue weighted by Gasteiger charge is 2.22. The van der Waals surface area contributed by atoms with E-state index in [4.69, 9.17) is 26.8 Å². The molecule has 1 saturated carbocycles. The fraction of sp³-hybridized carbons (Fsp3) is 0.462. The lowest BCUT2D eigenvalue weighted by Gasteiger charge is -2.15. The van der Waals surface area contributed by atoms with E-state index < -0.39 is 5.91 Å². The Morgan fingerprint density at radius 2 is 2.26 bits per heavy atom. The molecule has 0 bridgehead atoms. The summed E-state index contributed by atoms with van der Waals surface area (Å²) in [5.41, 5.74) is 5.96. The van der Waals surface area contributed by atoms with Gasteiger partial charge in [-0.2, -0.15) is 0 Å². The van der Waals surface area contributed by atoms with E-state index in [1.807, 2.05) is 0 Å². The van der Waals surface area contributed by atoms with Crippen LogP contribution in [0.3, 0.4) is 0 Å². The first-order valence-corrected chi connectivity index (χ1v) is 6.49. The van der Waals surface area contributed by atoms with Crippen molar-refractivity contribution < 1.29 is 14.3 Å². The van der Waals surface area contributed by atoms with Crippen molar-refractivity contribution in [2.45, 2.75) is 25.4 Å². The summed E-state index contributed by atoms with van der Waals surface area (Å²) in [4.78, 5) is 10.8. The number of hydrogen-bond acceptors (Lipinski definition) is 4. The summed E-state index contributed by atoms with van der Waals surface area (Å²) in [6, 6.07) is 4.02. The van der Waals surface area contributed by atoms with Gasteiger partial charge >= 0.3 is 0 Å². The Balaban J connectivity index is 2.19. The van der Waals surface area contributed by atoms with Gasteiger partial charge in [0.2, 0.25) is 0 Å². The summed E-state index contributed by atoms with van der Waals surface area (Å²) in [6.07, 6.45) is 2.38. The number of benzene rings is 1. The van der Waals surface area contributed by atoms with Gasteiger partial charge in [0.15, 0.2) is 18.1 Å². The van der Waals surface area contributed by atoms with Gasteiger partial charge in [-0.05, 0) is 18.9 Å². The molecule has 19 heavy (non-hydrogen) atoms. The first kappa shape index (κ1) is 14.0. The highest BCUT2D eigenvalue weighted by Crippen LogP contribution is 2.35. The van der Waals surface area contributed by atoms with E-state index in [1.165, 1.54) is 20.0 Å². The largest absolute Gasteiger partial charge is 0.493 e. The first-order chi connectivity index (χ1) is 9.10. The molecule has 1 aromatic carbocycles. The van der Waals surface area contributed by atoms with Gasteiger partial charge in [-0.1, -0.05) is 11.6 Å². The smallest absolute Gasteiger partial charge is 0.255 e. The van der Waals surface area contributed by atoms with Crippen LogP contribution < -0.4 is 20.5 Å². The summed E-state index contributed by atoms with van der Waals surface area (Å²) in [5, 5.41) is 3.93. The van der Waals surface area contributed by atoms with E-state index in [-0.39, 0.29) is 6.61 Å². The van der Waals surface area contributed by atoms with Crippen LogP contribution in [0.1, 0.15) is 18.4 Å². The van der Waals surface area contributed by atoms with Gasteiger partial charge < -0.3 is 20.5 Å². The maximum atomic E-state index is 10.8. The van der Waals surface area contributed by atoms with Gasteiger partial charge in [-0.3, -0.25) is 4.79 Å². The van der Waals surface area contributed by atoms with Gasteiger partial charge in [-0.25, -0.2) is 0 Å². The van der Waals surface area contributed by atoms with Crippen molar-refractivity contribution in [2.75, 3.05) is 13.7 Å². The van der Waals surface area contributed by atoms with Crippen LogP contribution in [0.15, 0.2) is 12.1 Å². The number of carbonyl (C=O) groups excluding carboxylic acids is 1. The molecular formula is C13H17ClN2O3. The topological polar surface area (TPSA) is 73.6 Å². The van der Waals surface area contributed by atoms with Crippen LogP contribution in [0, 0.1) is 0 Å². The lowest BCUT2D eigenvalue weighted by molar-refractivity contribution is -0.119. The zero-order valence-corrected chi connectivity index (χ0v) is 11.5. The molecule has 5 nitrogen and oxygen atoms in total. The third-order valence-corrected chi connectivity index (χ3v) is 3.05. The Labute approximate surface area is 117 Å². The van der Waals surface area contributed by atoms with E-state index >= 15 is 0 Å². The van der Waals surface area contributed by atoms with Crippen LogP contribution in [-0.4, -0.2) is 25.7 Å². The number of carbonyl (C=O) groups is 1. The zero-order chi connectivity index (χ0) is 13.8. The monoisotopic (exact) mass is 284 g/mol. The molecule has 1 amide bonds. The number of primary amides is 1. The van der Waals surface area contributed by atoms with E-state index in [9.17, 15) is 4.79 Å². The molecule has 1 fully saturated rings. The summed E-state index contributed by atoms with van der Waals surface area (Å²) in [5.74, 6) is 0.485. The van der Waals surface area contributed by atoms with Crippen molar-refractivity contribution in [2.24, 2.45) is 5.73 Å². The minimum atomic E-state index is -0.530. The first-order valence-electron chi connectivity index (χ1n) is 6.11. The number of hydrogen-bond donors (Lipinski definition) is 2. The minimum Gasteiger partial charge on any atom is -0.493 e. The van der Waals surface area contributed by atoms with Crippen LogP contribution in [0.4, 0.5) is 0 Å². The molecule has 1 aliphatic carbocycles. The van der Waals surface area contributed by atoms with Crippen molar-refractivity contribution in [1.29, 1.82) is 0 Å². The molecule has 0 unspecified atom stereocenters. The maximum Gasteiger partial charge on any atom is 0.255 e. The second-order valence-corrected chi connectivity index (χ2v) is 4.94. The highest BCUT2D eigenvalue weighted by molar-refractivity contribution is 6.30. The Hall–Kier alpha value is -1.46. The number of ether oxygens (including phenoxy) is 2. The molecular weight excluding hydrogens is 268 g/mol. The van der Waals surface area contributed by atoms with Crippen LogP contribution in [0.5, 0.6) is 11.5 Å². The van der Waals surface area contributed by atoms with Crippen LogP contribution >= 0.6 is 11.6 Å². The third-order valence-electron chi connectivity index (χ3n) is 2.83. The molecule has 0 radical (unpaired) electrons. The summed E-state index contributed by atoms with van der Waals surface area (Å²) < 4.78 is 10.7. The lowest BCUT2D eigenvalue weighted by Crippen LogP contribution is -2.22. The second kappa shape index (κ2) is 6.12. The molecule has 6 heteroatoms. The molecule has 1 aliphatic rings. The predicted molar refractivity (Wildman–Crippen MR) is 72.6 cm³/mol. The summed E-state index contributed by atoms with van der Waals surface area (Å²) >= 11 is 6.04. The highest BCUT2D eigenvalue weighted by atomic mass is 35.5.